The normalized spacial score (nSPS) is 11.7. The Morgan fingerprint density at radius 2 is 1.55 bits per heavy atom. The van der Waals surface area contributed by atoms with Crippen LogP contribution in [0.15, 0.2) is 108 Å². The lowest BCUT2D eigenvalue weighted by Gasteiger charge is -2.14. The summed E-state index contributed by atoms with van der Waals surface area (Å²) < 4.78 is 10.9. The van der Waals surface area contributed by atoms with Gasteiger partial charge in [-0.25, -0.2) is 4.98 Å². The summed E-state index contributed by atoms with van der Waals surface area (Å²) in [4.78, 5) is 46.2. The summed E-state index contributed by atoms with van der Waals surface area (Å²) in [5, 5.41) is 8.69. The summed E-state index contributed by atoms with van der Waals surface area (Å²) in [5.74, 6) is -0.243. The molecule has 5 aromatic rings. The molecule has 0 bridgehead atoms. The zero-order chi connectivity index (χ0) is 34.9. The Labute approximate surface area is 293 Å². The molecule has 0 aliphatic carbocycles. The van der Waals surface area contributed by atoms with Crippen molar-refractivity contribution in [1.29, 1.82) is 0 Å². The molecule has 0 saturated carbocycles. The highest BCUT2D eigenvalue weighted by Gasteiger charge is 2.20. The van der Waals surface area contributed by atoms with Crippen molar-refractivity contribution in [2.75, 3.05) is 24.9 Å². The maximum atomic E-state index is 13.6. The van der Waals surface area contributed by atoms with Crippen molar-refractivity contribution in [1.82, 2.24) is 10.3 Å². The van der Waals surface area contributed by atoms with Crippen molar-refractivity contribution >= 4 is 57.7 Å². The highest BCUT2D eigenvalue weighted by atomic mass is 32.2. The highest BCUT2D eigenvalue weighted by Crippen LogP contribution is 2.33. The predicted octanol–water partition coefficient (Wildman–Crippen LogP) is 7.97. The molecular formula is C38H36N4O5S2. The number of para-hydroxylation sites is 1. The number of benzene rings is 4. The topological polar surface area (TPSA) is 119 Å². The fourth-order valence-corrected chi connectivity index (χ4v) is 6.54. The van der Waals surface area contributed by atoms with Crippen LogP contribution in [-0.4, -0.2) is 42.2 Å². The minimum absolute atomic E-state index is 0.00658. The SMILES string of the molecule is COc1cccc(/C=C(\NC(=O)c2ccccc2)C(=O)Nc2ccc(SC(C)C(=O)Nc3nc(-c4ccc(C)cc4)c(C)s3)cc2)c1OC. The van der Waals surface area contributed by atoms with Crippen LogP contribution in [0.3, 0.4) is 0 Å². The van der Waals surface area contributed by atoms with Crippen molar-refractivity contribution in [3.63, 3.8) is 0 Å². The third-order valence-corrected chi connectivity index (χ3v) is 9.41. The molecule has 3 amide bonds. The van der Waals surface area contributed by atoms with Crippen LogP contribution in [0.5, 0.6) is 11.5 Å². The molecule has 11 heteroatoms. The van der Waals surface area contributed by atoms with E-state index in [0.717, 1.165) is 21.0 Å². The van der Waals surface area contributed by atoms with Crippen LogP contribution in [0.4, 0.5) is 10.8 Å². The van der Waals surface area contributed by atoms with Crippen molar-refractivity contribution in [3.05, 3.63) is 124 Å². The number of thiazole rings is 1. The number of aromatic nitrogens is 1. The summed E-state index contributed by atoms with van der Waals surface area (Å²) in [6, 6.07) is 29.2. The molecule has 3 N–H and O–H groups in total. The van der Waals surface area contributed by atoms with E-state index in [1.165, 1.54) is 49.0 Å². The lowest BCUT2D eigenvalue weighted by atomic mass is 10.1. The number of hydrogen-bond donors (Lipinski definition) is 3. The Bertz CT molecular complexity index is 1970. The Balaban J connectivity index is 1.26. The zero-order valence-corrected chi connectivity index (χ0v) is 29.3. The molecule has 0 radical (unpaired) electrons. The van der Waals surface area contributed by atoms with E-state index in [1.807, 2.05) is 57.2 Å². The third kappa shape index (κ3) is 8.95. The van der Waals surface area contributed by atoms with Gasteiger partial charge in [0.1, 0.15) is 5.70 Å². The predicted molar refractivity (Wildman–Crippen MR) is 197 cm³/mol. The minimum atomic E-state index is -0.536. The molecule has 0 spiro atoms. The molecule has 1 heterocycles. The van der Waals surface area contributed by atoms with Gasteiger partial charge in [-0.05, 0) is 69.3 Å². The lowest BCUT2D eigenvalue weighted by Crippen LogP contribution is -2.30. The highest BCUT2D eigenvalue weighted by molar-refractivity contribution is 8.00. The van der Waals surface area contributed by atoms with Gasteiger partial charge in [0.15, 0.2) is 16.6 Å². The second-order valence-electron chi connectivity index (χ2n) is 11.0. The molecule has 5 rings (SSSR count). The second-order valence-corrected chi connectivity index (χ2v) is 13.6. The van der Waals surface area contributed by atoms with Crippen LogP contribution in [0.1, 0.15) is 33.3 Å². The van der Waals surface area contributed by atoms with E-state index in [0.29, 0.717) is 33.4 Å². The van der Waals surface area contributed by atoms with Crippen LogP contribution in [0, 0.1) is 13.8 Å². The Hall–Kier alpha value is -5.39. The number of methoxy groups -OCH3 is 2. The number of rotatable bonds is 12. The van der Waals surface area contributed by atoms with Crippen LogP contribution < -0.4 is 25.4 Å². The van der Waals surface area contributed by atoms with Gasteiger partial charge in [0.2, 0.25) is 5.91 Å². The number of hydrogen-bond acceptors (Lipinski definition) is 8. The van der Waals surface area contributed by atoms with E-state index >= 15 is 0 Å². The van der Waals surface area contributed by atoms with E-state index in [2.05, 4.69) is 20.9 Å². The first-order valence-electron chi connectivity index (χ1n) is 15.4. The largest absolute Gasteiger partial charge is 0.493 e. The van der Waals surface area contributed by atoms with Gasteiger partial charge in [0.25, 0.3) is 11.8 Å². The first-order chi connectivity index (χ1) is 23.6. The molecule has 49 heavy (non-hydrogen) atoms. The number of thioether (sulfide) groups is 1. The van der Waals surface area contributed by atoms with E-state index < -0.39 is 17.1 Å². The molecular weight excluding hydrogens is 657 g/mol. The number of amides is 3. The Morgan fingerprint density at radius 1 is 0.837 bits per heavy atom. The first-order valence-corrected chi connectivity index (χ1v) is 17.1. The minimum Gasteiger partial charge on any atom is -0.493 e. The smallest absolute Gasteiger partial charge is 0.272 e. The Morgan fingerprint density at radius 3 is 2.22 bits per heavy atom. The van der Waals surface area contributed by atoms with Crippen LogP contribution >= 0.6 is 23.1 Å². The molecule has 1 atom stereocenters. The van der Waals surface area contributed by atoms with Crippen molar-refractivity contribution in [2.45, 2.75) is 30.9 Å². The average Bonchev–Trinajstić information content (AvgIpc) is 3.48. The van der Waals surface area contributed by atoms with Gasteiger partial charge >= 0.3 is 0 Å². The van der Waals surface area contributed by atoms with E-state index in [-0.39, 0.29) is 11.6 Å². The summed E-state index contributed by atoms with van der Waals surface area (Å²) in [7, 11) is 3.03. The lowest BCUT2D eigenvalue weighted by molar-refractivity contribution is -0.115. The quantitative estimate of drug-likeness (QED) is 0.0897. The number of nitrogens with zero attached hydrogens (tertiary/aromatic N) is 1. The number of ether oxygens (including phenoxy) is 2. The maximum absolute atomic E-state index is 13.6. The molecule has 0 aliphatic rings. The number of carbonyl (C=O) groups excluding carboxylic acids is 3. The molecule has 1 aromatic heterocycles. The van der Waals surface area contributed by atoms with E-state index in [9.17, 15) is 14.4 Å². The number of anilines is 2. The van der Waals surface area contributed by atoms with Gasteiger partial charge in [-0.15, -0.1) is 23.1 Å². The third-order valence-electron chi connectivity index (χ3n) is 7.41. The fourth-order valence-electron chi connectivity index (χ4n) is 4.83. The molecule has 250 valence electrons. The molecule has 0 saturated heterocycles. The molecule has 4 aromatic carbocycles. The van der Waals surface area contributed by atoms with Gasteiger partial charge < -0.3 is 25.4 Å². The summed E-state index contributed by atoms with van der Waals surface area (Å²) in [5.41, 5.74) is 4.49. The van der Waals surface area contributed by atoms with E-state index in [1.54, 1.807) is 60.7 Å². The Kier molecular flexibility index (Phi) is 11.5. The van der Waals surface area contributed by atoms with Gasteiger partial charge in [0.05, 0.1) is 25.2 Å². The summed E-state index contributed by atoms with van der Waals surface area (Å²) in [6.45, 7) is 5.86. The molecule has 0 fully saturated rings. The van der Waals surface area contributed by atoms with Crippen molar-refractivity contribution in [2.24, 2.45) is 0 Å². The van der Waals surface area contributed by atoms with E-state index in [4.69, 9.17) is 9.47 Å². The standard InChI is InChI=1S/C38H36N4O5S2/c1-23-14-16-26(17-15-23)33-24(2)49-38(41-33)42-35(43)25(3)48-30-20-18-29(19-21-30)39-37(45)31(40-36(44)27-10-7-6-8-11-27)22-28-12-9-13-32(46-4)34(28)47-5/h6-22,25H,1-5H3,(H,39,45)(H,40,44)(H,41,42,43)/b31-22-. The van der Waals surface area contributed by atoms with Gasteiger partial charge in [-0.1, -0.05) is 60.2 Å². The summed E-state index contributed by atoms with van der Waals surface area (Å²) in [6.07, 6.45) is 1.54. The van der Waals surface area contributed by atoms with Crippen LogP contribution in [0.2, 0.25) is 0 Å². The van der Waals surface area contributed by atoms with Crippen LogP contribution in [-0.2, 0) is 9.59 Å². The van der Waals surface area contributed by atoms with Gasteiger partial charge in [-0.3, -0.25) is 14.4 Å². The molecule has 1 unspecified atom stereocenters. The summed E-state index contributed by atoms with van der Waals surface area (Å²) >= 11 is 2.83. The first kappa shape index (κ1) is 34.9. The molecule has 0 aliphatic heterocycles. The average molecular weight is 693 g/mol. The molecule has 9 nitrogen and oxygen atoms in total. The van der Waals surface area contributed by atoms with Crippen molar-refractivity contribution < 1.29 is 23.9 Å². The second kappa shape index (κ2) is 16.1. The van der Waals surface area contributed by atoms with Crippen LogP contribution in [0.25, 0.3) is 17.3 Å². The number of aryl methyl sites for hydroxylation is 2. The van der Waals surface area contributed by atoms with Gasteiger partial charge in [0, 0.05) is 32.2 Å². The number of carbonyl (C=O) groups is 3. The number of nitrogens with one attached hydrogen (secondary N) is 3. The van der Waals surface area contributed by atoms with Gasteiger partial charge in [-0.2, -0.15) is 0 Å². The fraction of sp³-hybridized carbons (Fsp3) is 0.158. The monoisotopic (exact) mass is 692 g/mol. The maximum Gasteiger partial charge on any atom is 0.272 e. The van der Waals surface area contributed by atoms with Crippen molar-refractivity contribution in [3.8, 4) is 22.8 Å². The zero-order valence-electron chi connectivity index (χ0n) is 27.7.